The van der Waals surface area contributed by atoms with Crippen molar-refractivity contribution in [3.8, 4) is 0 Å². The topological polar surface area (TPSA) is 70.7 Å². The predicted octanol–water partition coefficient (Wildman–Crippen LogP) is 1.94. The molecule has 1 fully saturated rings. The number of ether oxygens (including phenoxy) is 1. The van der Waals surface area contributed by atoms with Gasteiger partial charge in [0.25, 0.3) is 0 Å². The molecule has 1 aromatic rings. The Bertz CT molecular complexity index is 540. The second-order valence-corrected chi connectivity index (χ2v) is 6.20. The fraction of sp³-hybridized carbons (Fsp3) is 0.529. The average Bonchev–Trinajstić information content (AvgIpc) is 2.47. The zero-order chi connectivity index (χ0) is 16.7. The minimum atomic E-state index is -0.0853. The molecular formula is C17H25N3O3. The fourth-order valence-electron chi connectivity index (χ4n) is 2.61. The fourth-order valence-corrected chi connectivity index (χ4v) is 2.61. The summed E-state index contributed by atoms with van der Waals surface area (Å²) in [6.07, 6.45) is 2.52. The number of hydrogen-bond donors (Lipinski definition) is 2. The van der Waals surface area contributed by atoms with Crippen LogP contribution in [-0.4, -0.2) is 50.6 Å². The van der Waals surface area contributed by atoms with Crippen LogP contribution in [0.3, 0.4) is 0 Å². The molecule has 2 amide bonds. The second-order valence-electron chi connectivity index (χ2n) is 6.20. The molecule has 126 valence electrons. The summed E-state index contributed by atoms with van der Waals surface area (Å²) < 4.78 is 5.40. The van der Waals surface area contributed by atoms with Crippen LogP contribution in [0.15, 0.2) is 24.3 Å². The third-order valence-corrected chi connectivity index (χ3v) is 3.62. The zero-order valence-corrected chi connectivity index (χ0v) is 13.8. The van der Waals surface area contributed by atoms with Gasteiger partial charge in [-0.1, -0.05) is 6.07 Å². The summed E-state index contributed by atoms with van der Waals surface area (Å²) in [7, 11) is 3.68. The van der Waals surface area contributed by atoms with Crippen molar-refractivity contribution in [2.75, 3.05) is 44.5 Å². The molecule has 6 nitrogen and oxygen atoms in total. The Hall–Kier alpha value is -1.92. The highest BCUT2D eigenvalue weighted by atomic mass is 16.5. The molecule has 0 aliphatic carbocycles. The maximum atomic E-state index is 12.1. The minimum Gasteiger partial charge on any atom is -0.381 e. The van der Waals surface area contributed by atoms with Gasteiger partial charge in [0.2, 0.25) is 11.8 Å². The number of nitrogens with zero attached hydrogens (tertiary/aromatic N) is 1. The molecule has 2 N–H and O–H groups in total. The van der Waals surface area contributed by atoms with E-state index in [9.17, 15) is 9.59 Å². The number of benzene rings is 1. The Morgan fingerprint density at radius 2 is 1.91 bits per heavy atom. The number of carbonyl (C=O) groups excluding carboxylic acids is 2. The lowest BCUT2D eigenvalue weighted by atomic mass is 9.98. The van der Waals surface area contributed by atoms with E-state index in [1.54, 1.807) is 17.0 Å². The number of anilines is 2. The lowest BCUT2D eigenvalue weighted by Gasteiger charge is -2.21. The summed E-state index contributed by atoms with van der Waals surface area (Å²) >= 11 is 0. The molecular weight excluding hydrogens is 294 g/mol. The van der Waals surface area contributed by atoms with E-state index >= 15 is 0 Å². The first-order chi connectivity index (χ1) is 11.0. The molecule has 1 aliphatic heterocycles. The monoisotopic (exact) mass is 319 g/mol. The van der Waals surface area contributed by atoms with Crippen molar-refractivity contribution >= 4 is 23.2 Å². The van der Waals surface area contributed by atoms with E-state index in [-0.39, 0.29) is 11.8 Å². The minimum absolute atomic E-state index is 0.0164. The highest BCUT2D eigenvalue weighted by molar-refractivity contribution is 5.94. The summed E-state index contributed by atoms with van der Waals surface area (Å²) in [5.41, 5.74) is 1.37. The van der Waals surface area contributed by atoms with Crippen LogP contribution in [0.1, 0.15) is 19.3 Å². The lowest BCUT2D eigenvalue weighted by Crippen LogP contribution is -2.27. The standard InChI is InChI=1S/C17H25N3O3/c1-20(2)11-17(22)19-15-7-3-6-14(10-15)18-16(21)9-13-5-4-8-23-12-13/h3,6-7,10,13H,4-5,8-9,11-12H2,1-2H3,(H,18,21)(H,19,22). The molecule has 1 saturated heterocycles. The molecule has 1 aromatic carbocycles. The van der Waals surface area contributed by atoms with Crippen molar-refractivity contribution < 1.29 is 14.3 Å². The number of amides is 2. The van der Waals surface area contributed by atoms with Crippen molar-refractivity contribution in [1.82, 2.24) is 4.90 Å². The Kier molecular flexibility index (Phi) is 6.55. The van der Waals surface area contributed by atoms with Crippen LogP contribution in [0, 0.1) is 5.92 Å². The average molecular weight is 319 g/mol. The smallest absolute Gasteiger partial charge is 0.238 e. The first-order valence-corrected chi connectivity index (χ1v) is 7.95. The van der Waals surface area contributed by atoms with Crippen molar-refractivity contribution in [2.24, 2.45) is 5.92 Å². The lowest BCUT2D eigenvalue weighted by molar-refractivity contribution is -0.118. The molecule has 6 heteroatoms. The van der Waals surface area contributed by atoms with E-state index in [1.807, 2.05) is 26.2 Å². The highest BCUT2D eigenvalue weighted by Crippen LogP contribution is 2.19. The van der Waals surface area contributed by atoms with E-state index in [0.717, 1.165) is 19.4 Å². The van der Waals surface area contributed by atoms with Gasteiger partial charge in [-0.05, 0) is 51.1 Å². The van der Waals surface area contributed by atoms with Gasteiger partial charge in [-0.25, -0.2) is 0 Å². The molecule has 2 rings (SSSR count). The van der Waals surface area contributed by atoms with Gasteiger partial charge >= 0.3 is 0 Å². The van der Waals surface area contributed by atoms with Crippen LogP contribution in [0.25, 0.3) is 0 Å². The predicted molar refractivity (Wildman–Crippen MR) is 90.4 cm³/mol. The quantitative estimate of drug-likeness (QED) is 0.841. The second kappa shape index (κ2) is 8.64. The first-order valence-electron chi connectivity index (χ1n) is 7.95. The number of carbonyl (C=O) groups is 2. The molecule has 1 aliphatic rings. The highest BCUT2D eigenvalue weighted by Gasteiger charge is 2.17. The number of nitrogens with one attached hydrogen (secondary N) is 2. The molecule has 1 atom stereocenters. The van der Waals surface area contributed by atoms with Gasteiger partial charge in [-0.3, -0.25) is 9.59 Å². The van der Waals surface area contributed by atoms with Gasteiger partial charge in [0, 0.05) is 31.0 Å². The molecule has 0 aromatic heterocycles. The van der Waals surface area contributed by atoms with Crippen LogP contribution in [0.4, 0.5) is 11.4 Å². The Balaban J connectivity index is 1.86. The molecule has 1 unspecified atom stereocenters. The van der Waals surface area contributed by atoms with Crippen molar-refractivity contribution in [3.05, 3.63) is 24.3 Å². The number of likely N-dealkylation sites (N-methyl/N-ethyl adjacent to an activating group) is 1. The van der Waals surface area contributed by atoms with E-state index in [4.69, 9.17) is 4.74 Å². The molecule has 0 bridgehead atoms. The number of hydrogen-bond acceptors (Lipinski definition) is 4. The van der Waals surface area contributed by atoms with Gasteiger partial charge in [0.1, 0.15) is 0 Å². The normalized spacial score (nSPS) is 17.8. The zero-order valence-electron chi connectivity index (χ0n) is 13.8. The van der Waals surface area contributed by atoms with E-state index in [0.29, 0.717) is 36.9 Å². The summed E-state index contributed by atoms with van der Waals surface area (Å²) in [5.74, 6) is 0.196. The Labute approximate surface area is 137 Å². The van der Waals surface area contributed by atoms with Gasteiger partial charge in [-0.15, -0.1) is 0 Å². The van der Waals surface area contributed by atoms with Gasteiger partial charge in [0.05, 0.1) is 6.54 Å². The summed E-state index contributed by atoms with van der Waals surface area (Å²) in [5, 5.41) is 5.70. The van der Waals surface area contributed by atoms with Crippen molar-refractivity contribution in [2.45, 2.75) is 19.3 Å². The van der Waals surface area contributed by atoms with Crippen LogP contribution >= 0.6 is 0 Å². The van der Waals surface area contributed by atoms with Crippen LogP contribution in [0.2, 0.25) is 0 Å². The molecule has 23 heavy (non-hydrogen) atoms. The molecule has 0 spiro atoms. The number of rotatable bonds is 6. The SMILES string of the molecule is CN(C)CC(=O)Nc1cccc(NC(=O)CC2CCCOC2)c1. The molecule has 0 saturated carbocycles. The Morgan fingerprint density at radius 1 is 1.22 bits per heavy atom. The third-order valence-electron chi connectivity index (χ3n) is 3.62. The van der Waals surface area contributed by atoms with Crippen molar-refractivity contribution in [3.63, 3.8) is 0 Å². The summed E-state index contributed by atoms with van der Waals surface area (Å²) in [4.78, 5) is 25.7. The van der Waals surface area contributed by atoms with E-state index in [1.165, 1.54) is 0 Å². The summed E-state index contributed by atoms with van der Waals surface area (Å²) in [6.45, 7) is 1.78. The first kappa shape index (κ1) is 17.4. The van der Waals surface area contributed by atoms with E-state index < -0.39 is 0 Å². The summed E-state index contributed by atoms with van der Waals surface area (Å²) in [6, 6.07) is 7.20. The van der Waals surface area contributed by atoms with Gasteiger partial charge in [-0.2, -0.15) is 0 Å². The van der Waals surface area contributed by atoms with Crippen LogP contribution < -0.4 is 10.6 Å². The van der Waals surface area contributed by atoms with Crippen molar-refractivity contribution in [1.29, 1.82) is 0 Å². The molecule has 1 heterocycles. The van der Waals surface area contributed by atoms with E-state index in [2.05, 4.69) is 10.6 Å². The van der Waals surface area contributed by atoms with Crippen LogP contribution in [-0.2, 0) is 14.3 Å². The van der Waals surface area contributed by atoms with Gasteiger partial charge < -0.3 is 20.3 Å². The Morgan fingerprint density at radius 3 is 2.52 bits per heavy atom. The van der Waals surface area contributed by atoms with Crippen LogP contribution in [0.5, 0.6) is 0 Å². The maximum Gasteiger partial charge on any atom is 0.238 e. The maximum absolute atomic E-state index is 12.1. The third kappa shape index (κ3) is 6.38. The van der Waals surface area contributed by atoms with Gasteiger partial charge in [0.15, 0.2) is 0 Å². The largest absolute Gasteiger partial charge is 0.381 e. The molecule has 0 radical (unpaired) electrons.